The number of hydrogen-bond donors (Lipinski definition) is 3. The number of ether oxygens (including phenoxy) is 1. The number of carbonyl (C=O) groups is 1. The van der Waals surface area contributed by atoms with E-state index >= 15 is 0 Å². The Morgan fingerprint density at radius 1 is 1.03 bits per heavy atom. The van der Waals surface area contributed by atoms with Crippen molar-refractivity contribution in [3.63, 3.8) is 0 Å². The number of rotatable bonds is 5. The Balaban J connectivity index is 1.62. The fourth-order valence-electron chi connectivity index (χ4n) is 2.49. The van der Waals surface area contributed by atoms with Crippen LogP contribution in [0, 0.1) is 12.7 Å². The van der Waals surface area contributed by atoms with Gasteiger partial charge >= 0.3 is 0 Å². The van der Waals surface area contributed by atoms with Crippen LogP contribution < -0.4 is 20.7 Å². The van der Waals surface area contributed by atoms with Gasteiger partial charge in [0.15, 0.2) is 5.11 Å². The number of nitrogens with one attached hydrogen (secondary N) is 3. The summed E-state index contributed by atoms with van der Waals surface area (Å²) in [5.41, 5.74) is 2.22. The lowest BCUT2D eigenvalue weighted by atomic mass is 10.2. The average Bonchev–Trinajstić information content (AvgIpc) is 2.72. The second-order valence-corrected chi connectivity index (χ2v) is 6.55. The standard InChI is InChI=1S/C21H19FN4O2S/c1-13-3-8-17(22)18(11-13)26-21(29)25-14-4-6-15(7-5-14)28-16-9-10-24-19(12-16)20(27)23-2/h3-12H,1-2H3,(H,23,27)(H2,25,26,29). The van der Waals surface area contributed by atoms with Gasteiger partial charge < -0.3 is 20.7 Å². The lowest BCUT2D eigenvalue weighted by Crippen LogP contribution is -2.19. The van der Waals surface area contributed by atoms with E-state index in [0.29, 0.717) is 22.9 Å². The number of halogens is 1. The first kappa shape index (κ1) is 20.2. The minimum atomic E-state index is -0.378. The molecule has 2 aromatic carbocycles. The van der Waals surface area contributed by atoms with E-state index in [1.165, 1.54) is 19.3 Å². The Bertz CT molecular complexity index is 1040. The largest absolute Gasteiger partial charge is 0.457 e. The molecule has 0 aliphatic rings. The molecule has 3 aromatic rings. The van der Waals surface area contributed by atoms with Crippen LogP contribution in [0.15, 0.2) is 60.8 Å². The van der Waals surface area contributed by atoms with Crippen LogP contribution in [0.1, 0.15) is 16.1 Å². The highest BCUT2D eigenvalue weighted by molar-refractivity contribution is 7.80. The predicted molar refractivity (Wildman–Crippen MR) is 115 cm³/mol. The van der Waals surface area contributed by atoms with Gasteiger partial charge in [0.25, 0.3) is 5.91 Å². The number of thiocarbonyl (C=S) groups is 1. The molecule has 1 amide bonds. The first-order valence-corrected chi connectivity index (χ1v) is 9.15. The number of benzene rings is 2. The van der Waals surface area contributed by atoms with Crippen LogP contribution in [-0.2, 0) is 0 Å². The number of amides is 1. The molecule has 0 bridgehead atoms. The fraction of sp³-hybridized carbons (Fsp3) is 0.0952. The molecule has 0 saturated heterocycles. The first-order chi connectivity index (χ1) is 13.9. The summed E-state index contributed by atoms with van der Waals surface area (Å²) in [4.78, 5) is 15.7. The summed E-state index contributed by atoms with van der Waals surface area (Å²) in [7, 11) is 1.54. The SMILES string of the molecule is CNC(=O)c1cc(Oc2ccc(NC(=S)Nc3cc(C)ccc3F)cc2)ccn1. The number of hydrogen-bond acceptors (Lipinski definition) is 4. The van der Waals surface area contributed by atoms with E-state index in [-0.39, 0.29) is 22.5 Å². The van der Waals surface area contributed by atoms with E-state index in [9.17, 15) is 9.18 Å². The number of carbonyl (C=O) groups excluding carboxylic acids is 1. The second-order valence-electron chi connectivity index (χ2n) is 6.14. The summed E-state index contributed by atoms with van der Waals surface area (Å²) in [6, 6.07) is 15.0. The van der Waals surface area contributed by atoms with Crippen molar-refractivity contribution in [1.29, 1.82) is 0 Å². The van der Waals surface area contributed by atoms with Gasteiger partial charge in [-0.3, -0.25) is 9.78 Å². The maximum atomic E-state index is 13.8. The average molecular weight is 410 g/mol. The summed E-state index contributed by atoms with van der Waals surface area (Å²) >= 11 is 5.24. The Labute approximate surface area is 173 Å². The van der Waals surface area contributed by atoms with Crippen LogP contribution in [0.3, 0.4) is 0 Å². The molecule has 8 heteroatoms. The van der Waals surface area contributed by atoms with Gasteiger partial charge in [0.05, 0.1) is 5.69 Å². The molecule has 0 unspecified atom stereocenters. The lowest BCUT2D eigenvalue weighted by molar-refractivity contribution is 0.0958. The summed E-state index contributed by atoms with van der Waals surface area (Å²) in [6.07, 6.45) is 1.50. The summed E-state index contributed by atoms with van der Waals surface area (Å²) in [5.74, 6) is 0.401. The molecule has 0 saturated carbocycles. The fourth-order valence-corrected chi connectivity index (χ4v) is 2.72. The highest BCUT2D eigenvalue weighted by Crippen LogP contribution is 2.23. The number of aryl methyl sites for hydroxylation is 1. The monoisotopic (exact) mass is 410 g/mol. The minimum Gasteiger partial charge on any atom is -0.457 e. The first-order valence-electron chi connectivity index (χ1n) is 8.75. The molecule has 0 aliphatic carbocycles. The molecular weight excluding hydrogens is 391 g/mol. The van der Waals surface area contributed by atoms with Gasteiger partial charge in [-0.25, -0.2) is 4.39 Å². The van der Waals surface area contributed by atoms with Crippen molar-refractivity contribution < 1.29 is 13.9 Å². The van der Waals surface area contributed by atoms with Gasteiger partial charge in [-0.1, -0.05) is 6.07 Å². The molecular formula is C21H19FN4O2S. The Morgan fingerprint density at radius 2 is 1.79 bits per heavy atom. The maximum Gasteiger partial charge on any atom is 0.269 e. The molecule has 1 heterocycles. The van der Waals surface area contributed by atoms with E-state index < -0.39 is 0 Å². The number of aromatic nitrogens is 1. The van der Waals surface area contributed by atoms with Gasteiger partial charge in [-0.2, -0.15) is 0 Å². The quantitative estimate of drug-likeness (QED) is 0.538. The number of anilines is 2. The molecule has 3 N–H and O–H groups in total. The zero-order valence-electron chi connectivity index (χ0n) is 15.8. The second kappa shape index (κ2) is 9.11. The van der Waals surface area contributed by atoms with Crippen LogP contribution in [0.25, 0.3) is 0 Å². The topological polar surface area (TPSA) is 75.3 Å². The number of pyridine rings is 1. The van der Waals surface area contributed by atoms with Gasteiger partial charge in [0, 0.05) is 25.0 Å². The van der Waals surface area contributed by atoms with Gasteiger partial charge in [0.2, 0.25) is 0 Å². The molecule has 3 rings (SSSR count). The van der Waals surface area contributed by atoms with Crippen molar-refractivity contribution >= 4 is 34.6 Å². The molecule has 0 aliphatic heterocycles. The van der Waals surface area contributed by atoms with Crippen LogP contribution in [0.5, 0.6) is 11.5 Å². The highest BCUT2D eigenvalue weighted by Gasteiger charge is 2.08. The van der Waals surface area contributed by atoms with Crippen LogP contribution in [0.2, 0.25) is 0 Å². The molecule has 0 radical (unpaired) electrons. The Morgan fingerprint density at radius 3 is 2.52 bits per heavy atom. The van der Waals surface area contributed by atoms with Crippen molar-refractivity contribution in [3.8, 4) is 11.5 Å². The minimum absolute atomic E-state index is 0.267. The van der Waals surface area contributed by atoms with Gasteiger partial charge in [-0.05, 0) is 67.2 Å². The van der Waals surface area contributed by atoms with Crippen LogP contribution >= 0.6 is 12.2 Å². The Kier molecular flexibility index (Phi) is 6.36. The van der Waals surface area contributed by atoms with Gasteiger partial charge in [0.1, 0.15) is 23.0 Å². The lowest BCUT2D eigenvalue weighted by Gasteiger charge is -2.12. The van der Waals surface area contributed by atoms with E-state index in [1.54, 1.807) is 48.5 Å². The molecule has 29 heavy (non-hydrogen) atoms. The van der Waals surface area contributed by atoms with E-state index in [1.807, 2.05) is 6.92 Å². The smallest absolute Gasteiger partial charge is 0.269 e. The maximum absolute atomic E-state index is 13.8. The summed E-state index contributed by atoms with van der Waals surface area (Å²) < 4.78 is 19.6. The van der Waals surface area contributed by atoms with E-state index in [0.717, 1.165) is 5.56 Å². The molecule has 1 aromatic heterocycles. The number of nitrogens with zero attached hydrogens (tertiary/aromatic N) is 1. The molecule has 148 valence electrons. The predicted octanol–water partition coefficient (Wildman–Crippen LogP) is 4.49. The van der Waals surface area contributed by atoms with Gasteiger partial charge in [-0.15, -0.1) is 0 Å². The molecule has 0 fully saturated rings. The summed E-state index contributed by atoms with van der Waals surface area (Å²) in [6.45, 7) is 1.88. The zero-order valence-corrected chi connectivity index (χ0v) is 16.6. The normalized spacial score (nSPS) is 10.2. The third-order valence-electron chi connectivity index (χ3n) is 3.91. The molecule has 0 spiro atoms. The van der Waals surface area contributed by atoms with Crippen molar-refractivity contribution in [2.75, 3.05) is 17.7 Å². The Hall–Kier alpha value is -3.52. The zero-order chi connectivity index (χ0) is 20.8. The van der Waals surface area contributed by atoms with E-state index in [2.05, 4.69) is 20.9 Å². The highest BCUT2D eigenvalue weighted by atomic mass is 32.1. The van der Waals surface area contributed by atoms with Crippen LogP contribution in [0.4, 0.5) is 15.8 Å². The van der Waals surface area contributed by atoms with E-state index in [4.69, 9.17) is 17.0 Å². The molecule has 0 atom stereocenters. The van der Waals surface area contributed by atoms with Crippen molar-refractivity contribution in [2.24, 2.45) is 0 Å². The van der Waals surface area contributed by atoms with Crippen LogP contribution in [-0.4, -0.2) is 23.1 Å². The summed E-state index contributed by atoms with van der Waals surface area (Å²) in [5, 5.41) is 8.63. The van der Waals surface area contributed by atoms with Crippen molar-refractivity contribution in [2.45, 2.75) is 6.92 Å². The van der Waals surface area contributed by atoms with Crippen molar-refractivity contribution in [1.82, 2.24) is 10.3 Å². The molecule has 6 nitrogen and oxygen atoms in total. The van der Waals surface area contributed by atoms with Crippen molar-refractivity contribution in [3.05, 3.63) is 77.9 Å². The third kappa shape index (κ3) is 5.49. The third-order valence-corrected chi connectivity index (χ3v) is 4.11.